The van der Waals surface area contributed by atoms with Crippen LogP contribution in [-0.4, -0.2) is 34.9 Å². The van der Waals surface area contributed by atoms with E-state index in [1.165, 1.54) is 11.8 Å². The molecule has 3 rings (SSSR count). The fraction of sp³-hybridized carbons (Fsp3) is 0.294. The molecule has 0 aliphatic carbocycles. The molecule has 0 saturated carbocycles. The molecule has 24 heavy (non-hydrogen) atoms. The molecule has 1 aromatic carbocycles. The molecule has 0 spiro atoms. The lowest BCUT2D eigenvalue weighted by atomic mass is 10.2. The maximum absolute atomic E-state index is 11.9. The molecule has 1 N–H and O–H groups in total. The van der Waals surface area contributed by atoms with Crippen LogP contribution in [0.4, 0.5) is 4.79 Å². The zero-order valence-corrected chi connectivity index (χ0v) is 14.5. The van der Waals surface area contributed by atoms with Crippen LogP contribution in [0.5, 0.6) is 0 Å². The molecule has 5 nitrogen and oxygen atoms in total. The largest absolute Gasteiger partial charge is 0.459 e. The van der Waals surface area contributed by atoms with E-state index in [4.69, 9.17) is 16.0 Å². The van der Waals surface area contributed by atoms with E-state index in [2.05, 4.69) is 5.32 Å². The SMILES string of the molecule is O=C(CCN1CCSC1=O)NCc1ccc(-c2ccc(Cl)cc2)o1. The fourth-order valence-corrected chi connectivity index (χ4v) is 3.36. The van der Waals surface area contributed by atoms with Crippen LogP contribution in [0.15, 0.2) is 40.8 Å². The molecule has 0 unspecified atom stereocenters. The molecule has 2 amide bonds. The molecular formula is C17H17ClN2O3S. The number of halogens is 1. The number of hydrogen-bond acceptors (Lipinski definition) is 4. The Morgan fingerprint density at radius 3 is 2.75 bits per heavy atom. The van der Waals surface area contributed by atoms with Crippen molar-refractivity contribution in [2.75, 3.05) is 18.8 Å². The first-order chi connectivity index (χ1) is 11.6. The van der Waals surface area contributed by atoms with Gasteiger partial charge < -0.3 is 14.6 Å². The number of benzene rings is 1. The zero-order valence-electron chi connectivity index (χ0n) is 13.0. The van der Waals surface area contributed by atoms with Gasteiger partial charge in [0.15, 0.2) is 0 Å². The molecular weight excluding hydrogens is 348 g/mol. The molecule has 1 fully saturated rings. The van der Waals surface area contributed by atoms with Crippen molar-refractivity contribution in [1.82, 2.24) is 10.2 Å². The molecule has 2 aromatic rings. The van der Waals surface area contributed by atoms with Gasteiger partial charge in [-0.05, 0) is 36.4 Å². The smallest absolute Gasteiger partial charge is 0.281 e. The van der Waals surface area contributed by atoms with Crippen molar-refractivity contribution >= 4 is 34.5 Å². The Labute approximate surface area is 149 Å². The normalized spacial score (nSPS) is 14.2. The highest BCUT2D eigenvalue weighted by molar-refractivity contribution is 8.13. The van der Waals surface area contributed by atoms with Gasteiger partial charge in [0.1, 0.15) is 11.5 Å². The summed E-state index contributed by atoms with van der Waals surface area (Å²) in [5.41, 5.74) is 0.932. The van der Waals surface area contributed by atoms with Crippen molar-refractivity contribution in [3.63, 3.8) is 0 Å². The Balaban J connectivity index is 1.47. The van der Waals surface area contributed by atoms with Gasteiger partial charge in [0.25, 0.3) is 5.24 Å². The first kappa shape index (κ1) is 16.9. The molecule has 2 heterocycles. The number of nitrogens with zero attached hydrogens (tertiary/aromatic N) is 1. The second-order valence-electron chi connectivity index (χ2n) is 5.40. The predicted octanol–water partition coefficient (Wildman–Crippen LogP) is 3.78. The third kappa shape index (κ3) is 4.33. The summed E-state index contributed by atoms with van der Waals surface area (Å²) in [4.78, 5) is 25.0. The first-order valence-electron chi connectivity index (χ1n) is 7.65. The molecule has 0 radical (unpaired) electrons. The van der Waals surface area contributed by atoms with Crippen LogP contribution in [0.2, 0.25) is 5.02 Å². The topological polar surface area (TPSA) is 62.6 Å². The number of carbonyl (C=O) groups excluding carboxylic acids is 2. The Bertz CT molecular complexity index is 730. The molecule has 1 aliphatic rings. The average molecular weight is 365 g/mol. The lowest BCUT2D eigenvalue weighted by Crippen LogP contribution is -2.30. The summed E-state index contributed by atoms with van der Waals surface area (Å²) in [6.07, 6.45) is 0.303. The van der Waals surface area contributed by atoms with Crippen molar-refractivity contribution in [2.24, 2.45) is 0 Å². The molecule has 0 bridgehead atoms. The van der Waals surface area contributed by atoms with E-state index in [1.54, 1.807) is 17.0 Å². The number of thioether (sulfide) groups is 1. The van der Waals surface area contributed by atoms with Crippen LogP contribution in [0, 0.1) is 0 Å². The zero-order chi connectivity index (χ0) is 16.9. The highest BCUT2D eigenvalue weighted by atomic mass is 35.5. The highest BCUT2D eigenvalue weighted by Crippen LogP contribution is 2.23. The highest BCUT2D eigenvalue weighted by Gasteiger charge is 2.21. The van der Waals surface area contributed by atoms with Crippen LogP contribution < -0.4 is 5.32 Å². The van der Waals surface area contributed by atoms with Gasteiger partial charge in [-0.3, -0.25) is 9.59 Å². The molecule has 1 saturated heterocycles. The van der Waals surface area contributed by atoms with Crippen molar-refractivity contribution in [3.8, 4) is 11.3 Å². The summed E-state index contributed by atoms with van der Waals surface area (Å²) in [6.45, 7) is 1.51. The molecule has 126 valence electrons. The summed E-state index contributed by atoms with van der Waals surface area (Å²) in [7, 11) is 0. The van der Waals surface area contributed by atoms with Gasteiger partial charge in [-0.15, -0.1) is 0 Å². The van der Waals surface area contributed by atoms with Gasteiger partial charge >= 0.3 is 0 Å². The first-order valence-corrected chi connectivity index (χ1v) is 9.01. The van der Waals surface area contributed by atoms with Crippen molar-refractivity contribution in [1.29, 1.82) is 0 Å². The third-order valence-corrected chi connectivity index (χ3v) is 4.85. The lowest BCUT2D eigenvalue weighted by molar-refractivity contribution is -0.121. The minimum Gasteiger partial charge on any atom is -0.459 e. The number of nitrogens with one attached hydrogen (secondary N) is 1. The van der Waals surface area contributed by atoms with E-state index in [0.29, 0.717) is 30.3 Å². The summed E-state index contributed by atoms with van der Waals surface area (Å²) in [6, 6.07) is 11.1. The van der Waals surface area contributed by atoms with Crippen molar-refractivity contribution in [2.45, 2.75) is 13.0 Å². The summed E-state index contributed by atoms with van der Waals surface area (Å²) >= 11 is 7.17. The van der Waals surface area contributed by atoms with E-state index in [1.807, 2.05) is 24.3 Å². The van der Waals surface area contributed by atoms with E-state index in [-0.39, 0.29) is 11.1 Å². The third-order valence-electron chi connectivity index (χ3n) is 3.70. The van der Waals surface area contributed by atoms with Gasteiger partial charge in [0, 0.05) is 35.8 Å². The van der Waals surface area contributed by atoms with E-state index in [0.717, 1.165) is 23.6 Å². The van der Waals surface area contributed by atoms with Crippen molar-refractivity contribution in [3.05, 3.63) is 47.2 Å². The van der Waals surface area contributed by atoms with Gasteiger partial charge in [-0.2, -0.15) is 0 Å². The maximum Gasteiger partial charge on any atom is 0.281 e. The van der Waals surface area contributed by atoms with Crippen LogP contribution in [0.1, 0.15) is 12.2 Å². The summed E-state index contributed by atoms with van der Waals surface area (Å²) in [5.74, 6) is 2.13. The number of amides is 2. The minimum atomic E-state index is -0.0934. The second kappa shape index (κ2) is 7.77. The maximum atomic E-state index is 11.9. The van der Waals surface area contributed by atoms with Crippen LogP contribution in [0.25, 0.3) is 11.3 Å². The van der Waals surface area contributed by atoms with Crippen molar-refractivity contribution < 1.29 is 14.0 Å². The lowest BCUT2D eigenvalue weighted by Gasteiger charge is -2.13. The monoisotopic (exact) mass is 364 g/mol. The van der Waals surface area contributed by atoms with Crippen LogP contribution in [0.3, 0.4) is 0 Å². The number of rotatable bonds is 6. The Morgan fingerprint density at radius 2 is 2.04 bits per heavy atom. The summed E-state index contributed by atoms with van der Waals surface area (Å²) in [5, 5.41) is 3.54. The average Bonchev–Trinajstić information content (AvgIpc) is 3.21. The van der Waals surface area contributed by atoms with Gasteiger partial charge in [-0.1, -0.05) is 23.4 Å². The molecule has 1 aliphatic heterocycles. The van der Waals surface area contributed by atoms with Crippen LogP contribution >= 0.6 is 23.4 Å². The standard InChI is InChI=1S/C17H17ClN2O3S/c18-13-3-1-12(2-4-13)15-6-5-14(23-15)11-19-16(21)7-8-20-9-10-24-17(20)22/h1-6H,7-11H2,(H,19,21). The Morgan fingerprint density at radius 1 is 1.25 bits per heavy atom. The van der Waals surface area contributed by atoms with Gasteiger partial charge in [0.05, 0.1) is 6.54 Å². The fourth-order valence-electron chi connectivity index (χ4n) is 2.38. The molecule has 0 atom stereocenters. The predicted molar refractivity (Wildman–Crippen MR) is 95.0 cm³/mol. The number of furan rings is 1. The van der Waals surface area contributed by atoms with E-state index >= 15 is 0 Å². The number of carbonyl (C=O) groups is 2. The quantitative estimate of drug-likeness (QED) is 0.847. The van der Waals surface area contributed by atoms with E-state index < -0.39 is 0 Å². The number of hydrogen-bond donors (Lipinski definition) is 1. The van der Waals surface area contributed by atoms with E-state index in [9.17, 15) is 9.59 Å². The minimum absolute atomic E-state index is 0.0569. The van der Waals surface area contributed by atoms with Gasteiger partial charge in [-0.25, -0.2) is 0 Å². The molecule has 7 heteroatoms. The Kier molecular flexibility index (Phi) is 5.48. The second-order valence-corrected chi connectivity index (χ2v) is 6.88. The molecule has 1 aromatic heterocycles. The van der Waals surface area contributed by atoms with Gasteiger partial charge in [0.2, 0.25) is 5.91 Å². The summed E-state index contributed by atoms with van der Waals surface area (Å²) < 4.78 is 5.73. The Hall–Kier alpha value is -1.92. The van der Waals surface area contributed by atoms with Crippen LogP contribution in [-0.2, 0) is 11.3 Å².